The van der Waals surface area contributed by atoms with E-state index in [1.807, 2.05) is 6.92 Å². The maximum atomic E-state index is 5.31. The molecule has 0 saturated carbocycles. The first-order chi connectivity index (χ1) is 4.31. The average molecular weight is 145 g/mol. The van der Waals surface area contributed by atoms with Gasteiger partial charge in [-0.2, -0.15) is 0 Å². The molecule has 0 rings (SSSR count). The second-order valence-corrected chi connectivity index (χ2v) is 1.66. The molecule has 3 heteroatoms. The van der Waals surface area contributed by atoms with Crippen LogP contribution in [0.4, 0.5) is 0 Å². The van der Waals surface area contributed by atoms with Crippen molar-refractivity contribution in [3.63, 3.8) is 0 Å². The summed E-state index contributed by atoms with van der Waals surface area (Å²) < 4.78 is 0. The number of aliphatic imine (C=N–C) groups is 2. The maximum Gasteiger partial charge on any atom is 0.113 e. The molecule has 0 bridgehead atoms. The number of allylic oxidation sites excluding steroid dienone is 1. The summed E-state index contributed by atoms with van der Waals surface area (Å²) in [5.41, 5.74) is 0.859. The van der Waals surface area contributed by atoms with Gasteiger partial charge in [-0.15, -0.1) is 11.6 Å². The van der Waals surface area contributed by atoms with Crippen molar-refractivity contribution in [1.82, 2.24) is 0 Å². The smallest absolute Gasteiger partial charge is 0.113 e. The summed E-state index contributed by atoms with van der Waals surface area (Å²) in [6.45, 7) is 5.12. The van der Waals surface area contributed by atoms with Gasteiger partial charge in [0.05, 0.1) is 0 Å². The molecule has 0 aromatic carbocycles. The fourth-order valence-electron chi connectivity index (χ4n) is 0.308. The first-order valence-electron chi connectivity index (χ1n) is 2.50. The van der Waals surface area contributed by atoms with Crippen LogP contribution < -0.4 is 0 Å². The molecule has 0 unspecified atom stereocenters. The van der Waals surface area contributed by atoms with E-state index in [9.17, 15) is 0 Å². The zero-order valence-electron chi connectivity index (χ0n) is 5.34. The molecule has 0 aromatic heterocycles. The molecule has 0 heterocycles. The van der Waals surface area contributed by atoms with Gasteiger partial charge in [-0.1, -0.05) is 0 Å². The molecule has 2 nitrogen and oxygen atoms in total. The lowest BCUT2D eigenvalue weighted by molar-refractivity contribution is 1.35. The lowest BCUT2D eigenvalue weighted by Gasteiger charge is -1.84. The SMILES string of the molecule is C=N/C=C\C(C)=N/CCl. The summed E-state index contributed by atoms with van der Waals surface area (Å²) in [4.78, 5) is 7.37. The average Bonchev–Trinajstić information content (AvgIpc) is 1.85. The van der Waals surface area contributed by atoms with Crippen molar-refractivity contribution in [3.8, 4) is 0 Å². The Hall–Kier alpha value is -0.630. The van der Waals surface area contributed by atoms with E-state index in [2.05, 4.69) is 16.7 Å². The van der Waals surface area contributed by atoms with Crippen LogP contribution in [0.2, 0.25) is 0 Å². The summed E-state index contributed by atoms with van der Waals surface area (Å²) >= 11 is 5.31. The van der Waals surface area contributed by atoms with Gasteiger partial charge in [-0.3, -0.25) is 9.98 Å². The van der Waals surface area contributed by atoms with Crippen molar-refractivity contribution in [2.24, 2.45) is 9.98 Å². The molecular formula is C6H9ClN2. The minimum atomic E-state index is 0.299. The molecule has 0 aliphatic rings. The molecule has 0 radical (unpaired) electrons. The standard InChI is InChI=1S/C6H9ClN2/c1-6(9-5-7)3-4-8-2/h3-4H,2,5H2,1H3/b4-3-,9-6-. The number of hydrogen-bond acceptors (Lipinski definition) is 2. The Kier molecular flexibility index (Phi) is 5.12. The topological polar surface area (TPSA) is 24.7 Å². The van der Waals surface area contributed by atoms with Gasteiger partial charge in [0.15, 0.2) is 0 Å². The summed E-state index contributed by atoms with van der Waals surface area (Å²) in [7, 11) is 0. The van der Waals surface area contributed by atoms with Crippen LogP contribution in [0.15, 0.2) is 22.3 Å². The van der Waals surface area contributed by atoms with Gasteiger partial charge in [0.2, 0.25) is 0 Å². The van der Waals surface area contributed by atoms with Crippen LogP contribution in [-0.2, 0) is 0 Å². The van der Waals surface area contributed by atoms with Crippen molar-refractivity contribution in [3.05, 3.63) is 12.3 Å². The number of hydrogen-bond donors (Lipinski definition) is 0. The van der Waals surface area contributed by atoms with Gasteiger partial charge in [0.25, 0.3) is 0 Å². The molecule has 0 amide bonds. The molecular weight excluding hydrogens is 136 g/mol. The van der Waals surface area contributed by atoms with E-state index >= 15 is 0 Å². The van der Waals surface area contributed by atoms with Gasteiger partial charge >= 0.3 is 0 Å². The molecule has 0 aliphatic heterocycles. The van der Waals surface area contributed by atoms with Crippen LogP contribution >= 0.6 is 11.6 Å². The molecule has 9 heavy (non-hydrogen) atoms. The fourth-order valence-corrected chi connectivity index (χ4v) is 0.496. The third-order valence-corrected chi connectivity index (χ3v) is 0.850. The van der Waals surface area contributed by atoms with E-state index < -0.39 is 0 Å². The first-order valence-corrected chi connectivity index (χ1v) is 3.04. The van der Waals surface area contributed by atoms with Gasteiger partial charge in [0.1, 0.15) is 6.00 Å². The highest BCUT2D eigenvalue weighted by molar-refractivity contribution is 6.18. The maximum absolute atomic E-state index is 5.31. The van der Waals surface area contributed by atoms with Crippen LogP contribution in [-0.4, -0.2) is 18.4 Å². The monoisotopic (exact) mass is 144 g/mol. The van der Waals surface area contributed by atoms with Crippen molar-refractivity contribution in [1.29, 1.82) is 0 Å². The normalized spacial score (nSPS) is 12.4. The molecule has 0 atom stereocenters. The van der Waals surface area contributed by atoms with Crippen molar-refractivity contribution in [2.45, 2.75) is 6.92 Å². The Morgan fingerprint density at radius 3 is 2.89 bits per heavy atom. The van der Waals surface area contributed by atoms with E-state index in [1.54, 1.807) is 12.3 Å². The number of halogens is 1. The molecule has 0 fully saturated rings. The van der Waals surface area contributed by atoms with E-state index in [-0.39, 0.29) is 0 Å². The highest BCUT2D eigenvalue weighted by atomic mass is 35.5. The fraction of sp³-hybridized carbons (Fsp3) is 0.333. The molecule has 0 spiro atoms. The van der Waals surface area contributed by atoms with Crippen LogP contribution in [0.3, 0.4) is 0 Å². The van der Waals surface area contributed by atoms with Crippen LogP contribution in [0.1, 0.15) is 6.92 Å². The van der Waals surface area contributed by atoms with E-state index in [0.29, 0.717) is 6.00 Å². The number of rotatable bonds is 3. The molecule has 0 N–H and O–H groups in total. The summed E-state index contributed by atoms with van der Waals surface area (Å²) in [6, 6.07) is 0.299. The Bertz CT molecular complexity index is 138. The highest BCUT2D eigenvalue weighted by Crippen LogP contribution is 1.83. The number of alkyl halides is 1. The van der Waals surface area contributed by atoms with E-state index in [4.69, 9.17) is 11.6 Å². The van der Waals surface area contributed by atoms with Crippen molar-refractivity contribution < 1.29 is 0 Å². The second kappa shape index (κ2) is 5.51. The first kappa shape index (κ1) is 8.37. The molecule has 0 aliphatic carbocycles. The Labute approximate surface area is 60.0 Å². The zero-order valence-corrected chi connectivity index (χ0v) is 6.10. The Morgan fingerprint density at radius 1 is 1.78 bits per heavy atom. The Balaban J connectivity index is 3.74. The van der Waals surface area contributed by atoms with Crippen LogP contribution in [0.25, 0.3) is 0 Å². The highest BCUT2D eigenvalue weighted by Gasteiger charge is 1.77. The predicted molar refractivity (Wildman–Crippen MR) is 42.5 cm³/mol. The second-order valence-electron chi connectivity index (χ2n) is 1.42. The van der Waals surface area contributed by atoms with Gasteiger partial charge in [-0.25, -0.2) is 0 Å². The molecule has 0 saturated heterocycles. The lowest BCUT2D eigenvalue weighted by Crippen LogP contribution is -1.82. The van der Waals surface area contributed by atoms with Crippen molar-refractivity contribution >= 4 is 24.0 Å². The Morgan fingerprint density at radius 2 is 2.44 bits per heavy atom. The zero-order chi connectivity index (χ0) is 7.11. The minimum absolute atomic E-state index is 0.299. The van der Waals surface area contributed by atoms with Crippen LogP contribution in [0.5, 0.6) is 0 Å². The van der Waals surface area contributed by atoms with Gasteiger partial charge in [-0.05, 0) is 19.7 Å². The van der Waals surface area contributed by atoms with Crippen LogP contribution in [0, 0.1) is 0 Å². The van der Waals surface area contributed by atoms with Crippen molar-refractivity contribution in [2.75, 3.05) is 6.00 Å². The lowest BCUT2D eigenvalue weighted by atomic mass is 10.4. The quantitative estimate of drug-likeness (QED) is 0.328. The largest absolute Gasteiger partial charge is 0.274 e. The van der Waals surface area contributed by atoms with E-state index in [1.165, 1.54) is 0 Å². The van der Waals surface area contributed by atoms with Gasteiger partial charge < -0.3 is 0 Å². The third-order valence-electron chi connectivity index (χ3n) is 0.730. The molecule has 0 aromatic rings. The molecule has 50 valence electrons. The third kappa shape index (κ3) is 5.24. The minimum Gasteiger partial charge on any atom is -0.274 e. The summed E-state index contributed by atoms with van der Waals surface area (Å²) in [6.07, 6.45) is 3.32. The summed E-state index contributed by atoms with van der Waals surface area (Å²) in [5.74, 6) is 0. The predicted octanol–water partition coefficient (Wildman–Crippen LogP) is 1.86. The van der Waals surface area contributed by atoms with Gasteiger partial charge in [0, 0.05) is 11.9 Å². The summed E-state index contributed by atoms with van der Waals surface area (Å²) in [5, 5.41) is 0. The number of nitrogens with zero attached hydrogens (tertiary/aromatic N) is 2. The van der Waals surface area contributed by atoms with E-state index in [0.717, 1.165) is 5.71 Å².